The summed E-state index contributed by atoms with van der Waals surface area (Å²) < 4.78 is 0. The number of amides is 1. The fourth-order valence-corrected chi connectivity index (χ4v) is 4.01. The Morgan fingerprint density at radius 2 is 2.19 bits per heavy atom. The molecular weight excluding hydrogens is 308 g/mol. The van der Waals surface area contributed by atoms with E-state index in [-0.39, 0.29) is 17.9 Å². The zero-order valence-corrected chi connectivity index (χ0v) is 12.7. The minimum Gasteiger partial charge on any atom is -0.481 e. The van der Waals surface area contributed by atoms with Crippen LogP contribution in [0.2, 0.25) is 0 Å². The second-order valence-corrected chi connectivity index (χ2v) is 6.71. The van der Waals surface area contributed by atoms with Crippen LogP contribution in [0.4, 0.5) is 0 Å². The van der Waals surface area contributed by atoms with Crippen molar-refractivity contribution in [1.29, 1.82) is 0 Å². The van der Waals surface area contributed by atoms with Crippen molar-refractivity contribution >= 4 is 34.6 Å². The van der Waals surface area contributed by atoms with E-state index in [4.69, 9.17) is 5.11 Å². The molecule has 0 radical (unpaired) electrons. The lowest BCUT2D eigenvalue weighted by molar-refractivity contribution is -0.141. The second-order valence-electron chi connectivity index (χ2n) is 5.07. The lowest BCUT2D eigenvalue weighted by Gasteiger charge is -2.10. The molecule has 0 aromatic carbocycles. The number of aromatic nitrogens is 1. The van der Waals surface area contributed by atoms with Gasteiger partial charge in [0.05, 0.1) is 5.92 Å². The minimum absolute atomic E-state index is 0.0649. The molecule has 7 heteroatoms. The fourth-order valence-electron chi connectivity index (χ4n) is 2.49. The molecule has 2 aromatic heterocycles. The van der Waals surface area contributed by atoms with Gasteiger partial charge in [-0.15, -0.1) is 11.3 Å². The fraction of sp³-hybridized carbons (Fsp3) is 0.357. The maximum Gasteiger partial charge on any atom is 0.306 e. The van der Waals surface area contributed by atoms with Crippen LogP contribution in [-0.4, -0.2) is 28.0 Å². The van der Waals surface area contributed by atoms with Crippen molar-refractivity contribution in [2.45, 2.75) is 25.3 Å². The van der Waals surface area contributed by atoms with Crippen LogP contribution in [0.5, 0.6) is 0 Å². The standard InChI is InChI=1S/C14H14N2O3S2/c17-12(15-10-2-1-8(5-10)14(18)19)11-7-21-13(16-11)9-3-4-20-6-9/h3-4,6-8,10H,1-2,5H2,(H,15,17)(H,18,19). The molecule has 0 saturated heterocycles. The third-order valence-electron chi connectivity index (χ3n) is 3.62. The van der Waals surface area contributed by atoms with Crippen LogP contribution in [0.1, 0.15) is 29.8 Å². The number of carboxylic acids is 1. The molecule has 1 aliphatic rings. The van der Waals surface area contributed by atoms with Gasteiger partial charge < -0.3 is 10.4 Å². The van der Waals surface area contributed by atoms with Crippen molar-refractivity contribution in [2.75, 3.05) is 0 Å². The smallest absolute Gasteiger partial charge is 0.306 e. The summed E-state index contributed by atoms with van der Waals surface area (Å²) in [6.07, 6.45) is 1.84. The Labute approximate surface area is 129 Å². The van der Waals surface area contributed by atoms with E-state index in [0.717, 1.165) is 10.6 Å². The van der Waals surface area contributed by atoms with Gasteiger partial charge in [0.2, 0.25) is 0 Å². The van der Waals surface area contributed by atoms with Crippen molar-refractivity contribution in [1.82, 2.24) is 10.3 Å². The van der Waals surface area contributed by atoms with Gasteiger partial charge in [-0.3, -0.25) is 9.59 Å². The van der Waals surface area contributed by atoms with E-state index in [9.17, 15) is 9.59 Å². The highest BCUT2D eigenvalue weighted by atomic mass is 32.1. The summed E-state index contributed by atoms with van der Waals surface area (Å²) >= 11 is 3.03. The Balaban J connectivity index is 1.63. The highest BCUT2D eigenvalue weighted by Crippen LogP contribution is 2.27. The SMILES string of the molecule is O=C(NC1CCC(C(=O)O)C1)c1csc(-c2ccsc2)n1. The molecule has 3 rings (SSSR count). The Morgan fingerprint density at radius 1 is 1.33 bits per heavy atom. The molecular formula is C14H14N2O3S2. The molecule has 2 atom stereocenters. The molecule has 2 unspecified atom stereocenters. The lowest BCUT2D eigenvalue weighted by atomic mass is 10.1. The summed E-state index contributed by atoms with van der Waals surface area (Å²) in [5.41, 5.74) is 1.43. The summed E-state index contributed by atoms with van der Waals surface area (Å²) in [6, 6.07) is 1.91. The molecule has 1 aliphatic carbocycles. The van der Waals surface area contributed by atoms with Crippen LogP contribution in [0.3, 0.4) is 0 Å². The summed E-state index contributed by atoms with van der Waals surface area (Å²) in [7, 11) is 0. The summed E-state index contributed by atoms with van der Waals surface area (Å²) in [5.74, 6) is -1.34. The lowest BCUT2D eigenvalue weighted by Crippen LogP contribution is -2.33. The molecule has 2 N–H and O–H groups in total. The molecule has 1 fully saturated rings. The van der Waals surface area contributed by atoms with Crippen LogP contribution in [-0.2, 0) is 4.79 Å². The normalized spacial score (nSPS) is 21.3. The molecule has 1 saturated carbocycles. The quantitative estimate of drug-likeness (QED) is 0.907. The van der Waals surface area contributed by atoms with E-state index in [2.05, 4.69) is 10.3 Å². The molecule has 5 nitrogen and oxygen atoms in total. The predicted molar refractivity (Wildman–Crippen MR) is 81.7 cm³/mol. The van der Waals surface area contributed by atoms with Gasteiger partial charge in [-0.1, -0.05) is 0 Å². The minimum atomic E-state index is -0.778. The highest BCUT2D eigenvalue weighted by Gasteiger charge is 2.31. The number of carbonyl (C=O) groups excluding carboxylic acids is 1. The first-order chi connectivity index (χ1) is 10.1. The maximum atomic E-state index is 12.1. The Kier molecular flexibility index (Phi) is 4.03. The van der Waals surface area contributed by atoms with Gasteiger partial charge in [-0.05, 0) is 30.7 Å². The van der Waals surface area contributed by atoms with Gasteiger partial charge in [-0.2, -0.15) is 11.3 Å². The average Bonchev–Trinajstić information content (AvgIpc) is 3.19. The zero-order valence-electron chi connectivity index (χ0n) is 11.1. The van der Waals surface area contributed by atoms with Crippen molar-refractivity contribution in [3.8, 4) is 10.6 Å². The number of thiophene rings is 1. The number of carboxylic acid groups (broad SMARTS) is 1. The summed E-state index contributed by atoms with van der Waals surface area (Å²) in [4.78, 5) is 27.4. The Morgan fingerprint density at radius 3 is 2.86 bits per heavy atom. The van der Waals surface area contributed by atoms with Crippen LogP contribution >= 0.6 is 22.7 Å². The number of nitrogens with one attached hydrogen (secondary N) is 1. The molecule has 2 aromatic rings. The van der Waals surface area contributed by atoms with Crippen LogP contribution in [0.25, 0.3) is 10.6 Å². The number of nitrogens with zero attached hydrogens (tertiary/aromatic N) is 1. The van der Waals surface area contributed by atoms with Crippen molar-refractivity contribution in [3.05, 3.63) is 27.9 Å². The monoisotopic (exact) mass is 322 g/mol. The van der Waals surface area contributed by atoms with E-state index in [1.165, 1.54) is 11.3 Å². The summed E-state index contributed by atoms with van der Waals surface area (Å²) in [5, 5.41) is 18.4. The van der Waals surface area contributed by atoms with E-state index in [0.29, 0.717) is 25.0 Å². The molecule has 110 valence electrons. The van der Waals surface area contributed by atoms with Gasteiger partial charge in [0.1, 0.15) is 10.7 Å². The average molecular weight is 322 g/mol. The van der Waals surface area contributed by atoms with Crippen LogP contribution in [0, 0.1) is 5.92 Å². The van der Waals surface area contributed by atoms with Crippen LogP contribution < -0.4 is 5.32 Å². The number of hydrogen-bond donors (Lipinski definition) is 2. The van der Waals surface area contributed by atoms with Gasteiger partial charge >= 0.3 is 5.97 Å². The van der Waals surface area contributed by atoms with E-state index in [1.54, 1.807) is 16.7 Å². The van der Waals surface area contributed by atoms with Gasteiger partial charge in [0.15, 0.2) is 0 Å². The third-order valence-corrected chi connectivity index (χ3v) is 5.20. The number of aliphatic carboxylic acids is 1. The maximum absolute atomic E-state index is 12.1. The first-order valence-electron chi connectivity index (χ1n) is 6.65. The largest absolute Gasteiger partial charge is 0.481 e. The van der Waals surface area contributed by atoms with Crippen molar-refractivity contribution < 1.29 is 14.7 Å². The van der Waals surface area contributed by atoms with Gasteiger partial charge in [-0.25, -0.2) is 4.98 Å². The number of hydrogen-bond acceptors (Lipinski definition) is 5. The van der Waals surface area contributed by atoms with Crippen LogP contribution in [0.15, 0.2) is 22.2 Å². The number of carbonyl (C=O) groups is 2. The number of rotatable bonds is 4. The summed E-state index contributed by atoms with van der Waals surface area (Å²) in [6.45, 7) is 0. The Hall–Kier alpha value is -1.73. The van der Waals surface area contributed by atoms with E-state index >= 15 is 0 Å². The topological polar surface area (TPSA) is 79.3 Å². The first-order valence-corrected chi connectivity index (χ1v) is 8.47. The van der Waals surface area contributed by atoms with E-state index in [1.807, 2.05) is 16.8 Å². The first kappa shape index (κ1) is 14.2. The third kappa shape index (κ3) is 3.14. The zero-order chi connectivity index (χ0) is 14.8. The highest BCUT2D eigenvalue weighted by molar-refractivity contribution is 7.14. The van der Waals surface area contributed by atoms with Gasteiger partial charge in [0, 0.05) is 22.4 Å². The Bertz CT molecular complexity index is 651. The second kappa shape index (κ2) is 5.95. The molecule has 0 bridgehead atoms. The molecule has 21 heavy (non-hydrogen) atoms. The molecule has 0 spiro atoms. The van der Waals surface area contributed by atoms with E-state index < -0.39 is 5.97 Å². The van der Waals surface area contributed by atoms with Crippen molar-refractivity contribution in [2.24, 2.45) is 5.92 Å². The van der Waals surface area contributed by atoms with Crippen molar-refractivity contribution in [3.63, 3.8) is 0 Å². The predicted octanol–water partition coefficient (Wildman–Crippen LogP) is 2.85. The van der Waals surface area contributed by atoms with Gasteiger partial charge in [0.25, 0.3) is 5.91 Å². The molecule has 1 amide bonds. The number of thiazole rings is 1. The molecule has 0 aliphatic heterocycles. The molecule has 2 heterocycles.